The van der Waals surface area contributed by atoms with E-state index in [9.17, 15) is 9.59 Å². The van der Waals surface area contributed by atoms with Crippen LogP contribution in [0.2, 0.25) is 0 Å². The van der Waals surface area contributed by atoms with Crippen LogP contribution in [0.25, 0.3) is 16.1 Å². The van der Waals surface area contributed by atoms with Crippen LogP contribution in [0.15, 0.2) is 35.7 Å². The predicted octanol–water partition coefficient (Wildman–Crippen LogP) is 4.18. The Balaban J connectivity index is 1.80. The van der Waals surface area contributed by atoms with Gasteiger partial charge in [-0.1, -0.05) is 5.11 Å². The zero-order valence-electron chi connectivity index (χ0n) is 18.5. The molecular weight excluding hydrogens is 417 g/mol. The van der Waals surface area contributed by atoms with Crippen molar-refractivity contribution in [1.29, 1.82) is 0 Å². The van der Waals surface area contributed by atoms with Gasteiger partial charge in [0.25, 0.3) is 0 Å². The number of azide groups is 1. The second kappa shape index (κ2) is 9.27. The zero-order chi connectivity index (χ0) is 23.5. The van der Waals surface area contributed by atoms with Crippen molar-refractivity contribution < 1.29 is 18.7 Å². The van der Waals surface area contributed by atoms with Crippen LogP contribution in [0.5, 0.6) is 0 Å². The molecule has 1 fully saturated rings. The molecule has 2 heterocycles. The first kappa shape index (κ1) is 23.1. The second-order valence-corrected chi connectivity index (χ2v) is 8.54. The molecule has 32 heavy (non-hydrogen) atoms. The van der Waals surface area contributed by atoms with E-state index in [1.54, 1.807) is 50.8 Å². The average Bonchev–Trinajstić information content (AvgIpc) is 3.17. The lowest BCUT2D eigenvalue weighted by Gasteiger charge is -2.30. The van der Waals surface area contributed by atoms with Gasteiger partial charge in [-0.2, -0.15) is 0 Å². The highest BCUT2D eigenvalue weighted by atomic mass is 19.1. The van der Waals surface area contributed by atoms with Gasteiger partial charge in [0, 0.05) is 42.7 Å². The van der Waals surface area contributed by atoms with Crippen molar-refractivity contribution >= 4 is 17.7 Å². The molecular formula is C21H26FN7O3. The van der Waals surface area contributed by atoms with Crippen molar-refractivity contribution in [3.8, 4) is 5.69 Å². The van der Waals surface area contributed by atoms with Crippen LogP contribution in [0.4, 0.5) is 14.9 Å². The molecule has 0 spiro atoms. The van der Waals surface area contributed by atoms with Crippen LogP contribution in [0, 0.1) is 5.82 Å². The number of hydrogen-bond acceptors (Lipinski definition) is 5. The van der Waals surface area contributed by atoms with Crippen molar-refractivity contribution in [2.75, 3.05) is 18.5 Å². The van der Waals surface area contributed by atoms with Crippen LogP contribution in [-0.2, 0) is 16.1 Å². The largest absolute Gasteiger partial charge is 0.444 e. The van der Waals surface area contributed by atoms with E-state index < -0.39 is 29.5 Å². The Labute approximate surface area is 185 Å². The fourth-order valence-electron chi connectivity index (χ4n) is 3.43. The molecule has 1 atom stereocenters. The SMILES string of the molecule is CN(Cc1nccn1-c1ccc(N2CCCC(N=[N+]=[N-])C2=O)c(F)c1)C(=O)OC(C)(C)C. The summed E-state index contributed by atoms with van der Waals surface area (Å²) in [6.07, 6.45) is 3.79. The maximum Gasteiger partial charge on any atom is 0.410 e. The molecule has 1 aromatic heterocycles. The number of nitrogens with zero attached hydrogens (tertiary/aromatic N) is 7. The summed E-state index contributed by atoms with van der Waals surface area (Å²) in [5.41, 5.74) is 8.64. The number of anilines is 1. The number of amides is 2. The first-order valence-electron chi connectivity index (χ1n) is 10.2. The minimum Gasteiger partial charge on any atom is -0.444 e. The minimum absolute atomic E-state index is 0.129. The molecule has 1 aliphatic heterocycles. The van der Waals surface area contributed by atoms with E-state index in [2.05, 4.69) is 15.0 Å². The van der Waals surface area contributed by atoms with E-state index in [-0.39, 0.29) is 12.2 Å². The lowest BCUT2D eigenvalue weighted by molar-refractivity contribution is -0.120. The quantitative estimate of drug-likeness (QED) is 0.391. The van der Waals surface area contributed by atoms with Crippen molar-refractivity contribution in [2.45, 2.75) is 51.8 Å². The number of aromatic nitrogens is 2. The fourth-order valence-corrected chi connectivity index (χ4v) is 3.43. The third-order valence-electron chi connectivity index (χ3n) is 4.90. The van der Waals surface area contributed by atoms with Crippen LogP contribution < -0.4 is 4.90 Å². The second-order valence-electron chi connectivity index (χ2n) is 8.54. The normalized spacial score (nSPS) is 16.5. The van der Waals surface area contributed by atoms with E-state index >= 15 is 4.39 Å². The van der Waals surface area contributed by atoms with Gasteiger partial charge in [0.05, 0.1) is 12.2 Å². The number of rotatable bonds is 5. The van der Waals surface area contributed by atoms with Gasteiger partial charge in [0.1, 0.15) is 23.3 Å². The van der Waals surface area contributed by atoms with Crippen molar-refractivity contribution in [3.63, 3.8) is 0 Å². The van der Waals surface area contributed by atoms with Gasteiger partial charge in [0.15, 0.2) is 0 Å². The third-order valence-corrected chi connectivity index (χ3v) is 4.90. The van der Waals surface area contributed by atoms with Crippen molar-refractivity contribution in [3.05, 3.63) is 52.7 Å². The highest BCUT2D eigenvalue weighted by Crippen LogP contribution is 2.27. The topological polar surface area (TPSA) is 116 Å². The van der Waals surface area contributed by atoms with E-state index in [1.165, 1.54) is 21.9 Å². The number of hydrogen-bond donors (Lipinski definition) is 0. The summed E-state index contributed by atoms with van der Waals surface area (Å²) in [7, 11) is 1.60. The van der Waals surface area contributed by atoms with Crippen molar-refractivity contribution in [1.82, 2.24) is 14.5 Å². The summed E-state index contributed by atoms with van der Waals surface area (Å²) in [6, 6.07) is 3.67. The van der Waals surface area contributed by atoms with Gasteiger partial charge in [-0.05, 0) is 51.3 Å². The third kappa shape index (κ3) is 5.17. The minimum atomic E-state index is -0.823. The number of benzene rings is 1. The Kier molecular flexibility index (Phi) is 6.69. The number of carbonyl (C=O) groups is 2. The molecule has 1 saturated heterocycles. The molecule has 11 heteroatoms. The molecule has 0 aliphatic carbocycles. The molecule has 1 aromatic carbocycles. The smallest absolute Gasteiger partial charge is 0.410 e. The Morgan fingerprint density at radius 1 is 1.44 bits per heavy atom. The zero-order valence-corrected chi connectivity index (χ0v) is 18.5. The molecule has 0 N–H and O–H groups in total. The maximum atomic E-state index is 15.0. The molecule has 2 aromatic rings. The van der Waals surface area contributed by atoms with E-state index in [1.807, 2.05) is 0 Å². The van der Waals surface area contributed by atoms with Crippen LogP contribution in [0.1, 0.15) is 39.4 Å². The molecule has 0 saturated carbocycles. The number of imidazole rings is 1. The first-order chi connectivity index (χ1) is 15.1. The molecule has 1 aliphatic rings. The summed E-state index contributed by atoms with van der Waals surface area (Å²) in [4.78, 5) is 34.5. The summed E-state index contributed by atoms with van der Waals surface area (Å²) in [5.74, 6) is -0.483. The van der Waals surface area contributed by atoms with Crippen LogP contribution in [0.3, 0.4) is 0 Å². The number of piperidine rings is 1. The van der Waals surface area contributed by atoms with Gasteiger partial charge in [0.2, 0.25) is 5.91 Å². The Morgan fingerprint density at radius 2 is 2.19 bits per heavy atom. The predicted molar refractivity (Wildman–Crippen MR) is 116 cm³/mol. The molecule has 10 nitrogen and oxygen atoms in total. The highest BCUT2D eigenvalue weighted by molar-refractivity contribution is 5.98. The first-order valence-corrected chi connectivity index (χ1v) is 10.2. The van der Waals surface area contributed by atoms with Gasteiger partial charge in [-0.3, -0.25) is 4.79 Å². The highest BCUT2D eigenvalue weighted by Gasteiger charge is 2.30. The standard InChI is InChI=1S/C21H26FN7O3/c1-21(2,3)32-20(31)27(4)13-18-24-9-11-28(18)14-7-8-17(15(22)12-14)29-10-5-6-16(19(29)30)25-26-23/h7-9,11-12,16H,5-6,10,13H2,1-4H3. The van der Waals surface area contributed by atoms with Crippen LogP contribution in [-0.4, -0.2) is 51.7 Å². The molecule has 1 unspecified atom stereocenters. The van der Waals surface area contributed by atoms with Gasteiger partial charge in [-0.25, -0.2) is 14.2 Å². The monoisotopic (exact) mass is 443 g/mol. The van der Waals surface area contributed by atoms with Gasteiger partial charge < -0.3 is 19.1 Å². The Morgan fingerprint density at radius 3 is 2.84 bits per heavy atom. The Hall–Kier alpha value is -3.59. The van der Waals surface area contributed by atoms with Gasteiger partial charge >= 0.3 is 6.09 Å². The van der Waals surface area contributed by atoms with E-state index in [4.69, 9.17) is 10.3 Å². The Bertz CT molecular complexity index is 1060. The lowest BCUT2D eigenvalue weighted by atomic mass is 10.0. The molecule has 2 amide bonds. The number of carbonyl (C=O) groups excluding carboxylic acids is 2. The van der Waals surface area contributed by atoms with Crippen LogP contribution >= 0.6 is 0 Å². The summed E-state index contributed by atoms with van der Waals surface area (Å²) >= 11 is 0. The van der Waals surface area contributed by atoms with E-state index in [0.717, 1.165) is 0 Å². The summed E-state index contributed by atoms with van der Waals surface area (Å²) in [6.45, 7) is 5.86. The van der Waals surface area contributed by atoms with Crippen molar-refractivity contribution in [2.24, 2.45) is 5.11 Å². The molecule has 170 valence electrons. The molecule has 0 bridgehead atoms. The number of halogens is 1. The fraction of sp³-hybridized carbons (Fsp3) is 0.476. The summed E-state index contributed by atoms with van der Waals surface area (Å²) < 4.78 is 22.0. The lowest BCUT2D eigenvalue weighted by Crippen LogP contribution is -2.43. The molecule has 0 radical (unpaired) electrons. The maximum absolute atomic E-state index is 15.0. The molecule has 3 rings (SSSR count). The van der Waals surface area contributed by atoms with Gasteiger partial charge in [-0.15, -0.1) is 0 Å². The van der Waals surface area contributed by atoms with E-state index in [0.29, 0.717) is 30.9 Å². The summed E-state index contributed by atoms with van der Waals surface area (Å²) in [5, 5.41) is 3.52. The average molecular weight is 443 g/mol. The number of ether oxygens (including phenoxy) is 1.